The quantitative estimate of drug-likeness (QED) is 0.397. The second kappa shape index (κ2) is 7.05. The van der Waals surface area contributed by atoms with Gasteiger partial charge >= 0.3 is 13.5 Å². The molecule has 1 aromatic heterocycles. The highest BCUT2D eigenvalue weighted by atomic mass is 31.2. The zero-order chi connectivity index (χ0) is 17.2. The molecule has 0 radical (unpaired) electrons. The molecular formula is C11H18N3O8P. The Bertz CT molecular complexity index is 652. The van der Waals surface area contributed by atoms with Crippen LogP contribution in [0.1, 0.15) is 13.2 Å². The number of anilines is 1. The molecule has 0 aliphatic carbocycles. The molecule has 0 spiro atoms. The maximum Gasteiger partial charge on any atom is 0.472 e. The zero-order valence-corrected chi connectivity index (χ0v) is 13.3. The van der Waals surface area contributed by atoms with E-state index >= 15 is 0 Å². The highest BCUT2D eigenvalue weighted by Crippen LogP contribution is 2.43. The molecule has 5 atom stereocenters. The Labute approximate surface area is 131 Å². The molecule has 1 aromatic rings. The first-order valence-electron chi connectivity index (χ1n) is 6.65. The van der Waals surface area contributed by atoms with Crippen molar-refractivity contribution >= 4 is 13.6 Å². The lowest BCUT2D eigenvalue weighted by Crippen LogP contribution is -2.33. The summed E-state index contributed by atoms with van der Waals surface area (Å²) < 4.78 is 26.9. The van der Waals surface area contributed by atoms with E-state index in [1.807, 2.05) is 0 Å². The molecule has 23 heavy (non-hydrogen) atoms. The van der Waals surface area contributed by atoms with Crippen molar-refractivity contribution in [2.24, 2.45) is 5.92 Å². The van der Waals surface area contributed by atoms with Gasteiger partial charge in [-0.25, -0.2) is 9.36 Å². The topological polar surface area (TPSA) is 152 Å². The zero-order valence-electron chi connectivity index (χ0n) is 12.4. The normalized spacial score (nSPS) is 30.1. The van der Waals surface area contributed by atoms with Crippen LogP contribution in [0.4, 0.5) is 5.82 Å². The Balaban J connectivity index is 2.13. The fraction of sp³-hybridized carbons (Fsp3) is 0.636. The molecule has 0 aromatic carbocycles. The summed E-state index contributed by atoms with van der Waals surface area (Å²) in [6.07, 6.45) is -1.53. The molecule has 0 saturated carbocycles. The highest BCUT2D eigenvalue weighted by molar-refractivity contribution is 7.47. The van der Waals surface area contributed by atoms with E-state index in [0.29, 0.717) is 0 Å². The molecule has 3 unspecified atom stereocenters. The summed E-state index contributed by atoms with van der Waals surface area (Å²) in [5.74, 6) is -0.521. The fourth-order valence-corrected chi connectivity index (χ4v) is 2.61. The number of aliphatic hydroxyl groups is 1. The molecule has 12 heteroatoms. The smallest absolute Gasteiger partial charge is 0.388 e. The Morgan fingerprint density at radius 2 is 2.26 bits per heavy atom. The SMILES string of the molecule is COP(=O)(O)OCC1OC(n2ccc(NO)nc2=O)[C@H](O)[C@@H]1C. The molecule has 1 fully saturated rings. The molecule has 4 N–H and O–H groups in total. The van der Waals surface area contributed by atoms with Gasteiger partial charge in [0.1, 0.15) is 6.10 Å². The lowest BCUT2D eigenvalue weighted by molar-refractivity contribution is -0.0532. The molecular weight excluding hydrogens is 333 g/mol. The van der Waals surface area contributed by atoms with Gasteiger partial charge in [-0.2, -0.15) is 4.98 Å². The molecule has 2 heterocycles. The van der Waals surface area contributed by atoms with Crippen LogP contribution >= 0.6 is 7.82 Å². The van der Waals surface area contributed by atoms with Crippen LogP contribution in [0, 0.1) is 5.92 Å². The van der Waals surface area contributed by atoms with E-state index < -0.39 is 37.9 Å². The minimum absolute atomic E-state index is 0.0482. The highest BCUT2D eigenvalue weighted by Gasteiger charge is 2.43. The number of hydrogen-bond acceptors (Lipinski definition) is 9. The second-order valence-electron chi connectivity index (χ2n) is 4.98. The van der Waals surface area contributed by atoms with E-state index in [0.717, 1.165) is 11.7 Å². The standard InChI is InChI=1S/C11H18N3O8P/c1-6-7(5-21-23(18,19)20-2)22-10(9(6)15)14-4-3-8(13-17)12-11(14)16/h3-4,6-7,9-10,15,17H,5H2,1-2H3,(H,18,19)(H,12,13,16)/t6-,7?,9-,10?/m1/s1. The molecule has 0 amide bonds. The number of phosphoric acid groups is 1. The summed E-state index contributed by atoms with van der Waals surface area (Å²) in [6.45, 7) is 1.35. The van der Waals surface area contributed by atoms with Crippen molar-refractivity contribution in [1.82, 2.24) is 9.55 Å². The van der Waals surface area contributed by atoms with Crippen molar-refractivity contribution in [2.45, 2.75) is 25.4 Å². The van der Waals surface area contributed by atoms with Gasteiger partial charge in [-0.3, -0.25) is 24.3 Å². The van der Waals surface area contributed by atoms with E-state index in [4.69, 9.17) is 14.5 Å². The minimum atomic E-state index is -4.16. The van der Waals surface area contributed by atoms with Crippen LogP contribution < -0.4 is 11.2 Å². The third-order valence-electron chi connectivity index (χ3n) is 3.58. The number of phosphoric ester groups is 1. The molecule has 2 rings (SSSR count). The van der Waals surface area contributed by atoms with Crippen molar-refractivity contribution in [3.8, 4) is 0 Å². The lowest BCUT2D eigenvalue weighted by Gasteiger charge is -2.17. The summed E-state index contributed by atoms with van der Waals surface area (Å²) in [5.41, 5.74) is 0.993. The van der Waals surface area contributed by atoms with Crippen LogP contribution in [-0.2, 0) is 18.3 Å². The molecule has 1 aliphatic rings. The van der Waals surface area contributed by atoms with E-state index in [-0.39, 0.29) is 12.4 Å². The van der Waals surface area contributed by atoms with Crippen molar-refractivity contribution in [2.75, 3.05) is 19.2 Å². The maximum absolute atomic E-state index is 11.9. The minimum Gasteiger partial charge on any atom is -0.388 e. The number of aromatic nitrogens is 2. The number of rotatable bonds is 6. The first-order chi connectivity index (χ1) is 10.8. The molecule has 11 nitrogen and oxygen atoms in total. The number of aliphatic hydroxyl groups excluding tert-OH is 1. The second-order valence-corrected chi connectivity index (χ2v) is 6.54. The van der Waals surface area contributed by atoms with Crippen LogP contribution in [0.15, 0.2) is 17.1 Å². The van der Waals surface area contributed by atoms with Crippen LogP contribution in [-0.4, -0.2) is 50.7 Å². The summed E-state index contributed by atoms with van der Waals surface area (Å²) in [5, 5.41) is 18.9. The Hall–Kier alpha value is -1.33. The van der Waals surface area contributed by atoms with Crippen molar-refractivity contribution in [3.63, 3.8) is 0 Å². The first-order valence-corrected chi connectivity index (χ1v) is 8.14. The monoisotopic (exact) mass is 351 g/mol. The van der Waals surface area contributed by atoms with Crippen LogP contribution in [0.3, 0.4) is 0 Å². The van der Waals surface area contributed by atoms with Crippen LogP contribution in [0.25, 0.3) is 0 Å². The van der Waals surface area contributed by atoms with Gasteiger partial charge in [0.2, 0.25) is 0 Å². The van der Waals surface area contributed by atoms with Gasteiger partial charge in [0, 0.05) is 19.2 Å². The van der Waals surface area contributed by atoms with Gasteiger partial charge in [-0.05, 0) is 6.07 Å². The molecule has 0 bridgehead atoms. The average Bonchev–Trinajstić information content (AvgIpc) is 2.81. The Morgan fingerprint density at radius 1 is 1.57 bits per heavy atom. The van der Waals surface area contributed by atoms with Gasteiger partial charge < -0.3 is 14.7 Å². The van der Waals surface area contributed by atoms with E-state index in [2.05, 4.69) is 9.51 Å². The predicted molar refractivity (Wildman–Crippen MR) is 75.8 cm³/mol. The Kier molecular flexibility index (Phi) is 5.53. The summed E-state index contributed by atoms with van der Waals surface area (Å²) in [4.78, 5) is 24.6. The number of nitrogens with one attached hydrogen (secondary N) is 1. The molecule has 1 saturated heterocycles. The van der Waals surface area contributed by atoms with Gasteiger partial charge in [-0.1, -0.05) is 6.92 Å². The fourth-order valence-electron chi connectivity index (χ4n) is 2.17. The van der Waals surface area contributed by atoms with Crippen molar-refractivity contribution < 1.29 is 33.6 Å². The maximum atomic E-state index is 11.9. The van der Waals surface area contributed by atoms with Gasteiger partial charge in [-0.15, -0.1) is 0 Å². The van der Waals surface area contributed by atoms with Gasteiger partial charge in [0.25, 0.3) is 0 Å². The van der Waals surface area contributed by atoms with Gasteiger partial charge in [0.15, 0.2) is 12.0 Å². The van der Waals surface area contributed by atoms with Crippen molar-refractivity contribution in [1.29, 1.82) is 0 Å². The molecule has 130 valence electrons. The van der Waals surface area contributed by atoms with E-state index in [9.17, 15) is 19.4 Å². The summed E-state index contributed by atoms with van der Waals surface area (Å²) in [6, 6.07) is 1.32. The number of ether oxygens (including phenoxy) is 1. The predicted octanol–water partition coefficient (Wildman–Crippen LogP) is -0.298. The largest absolute Gasteiger partial charge is 0.472 e. The number of nitrogens with zero attached hydrogens (tertiary/aromatic N) is 2. The van der Waals surface area contributed by atoms with Crippen LogP contribution in [0.5, 0.6) is 0 Å². The Morgan fingerprint density at radius 3 is 2.83 bits per heavy atom. The van der Waals surface area contributed by atoms with E-state index in [1.54, 1.807) is 12.4 Å². The van der Waals surface area contributed by atoms with Crippen molar-refractivity contribution in [3.05, 3.63) is 22.7 Å². The lowest BCUT2D eigenvalue weighted by atomic mass is 10.0. The molecule has 1 aliphatic heterocycles. The van der Waals surface area contributed by atoms with E-state index in [1.165, 1.54) is 12.3 Å². The van der Waals surface area contributed by atoms with Gasteiger partial charge in [0.05, 0.1) is 12.7 Å². The third kappa shape index (κ3) is 3.96. The number of hydrogen-bond donors (Lipinski definition) is 4. The summed E-state index contributed by atoms with van der Waals surface area (Å²) >= 11 is 0. The van der Waals surface area contributed by atoms with Crippen LogP contribution in [0.2, 0.25) is 0 Å². The summed E-state index contributed by atoms with van der Waals surface area (Å²) in [7, 11) is -3.14. The average molecular weight is 351 g/mol. The third-order valence-corrected chi connectivity index (χ3v) is 4.52. The first kappa shape index (κ1) is 18.0.